The first kappa shape index (κ1) is 13.5. The van der Waals surface area contributed by atoms with Gasteiger partial charge in [-0.15, -0.1) is 11.3 Å². The summed E-state index contributed by atoms with van der Waals surface area (Å²) < 4.78 is 4.99. The van der Waals surface area contributed by atoms with Crippen LogP contribution in [0.25, 0.3) is 0 Å². The van der Waals surface area contributed by atoms with Crippen molar-refractivity contribution in [1.82, 2.24) is 15.2 Å². The molecule has 18 heavy (non-hydrogen) atoms. The standard InChI is InChI=1S/C11H18N4OS2/c1-16-8-2-12-10(17)14-4-6-15(7-5-14)11-13-3-9-18-11/h3,9H,2,4-8H2,1H3,(H,12,17). The van der Waals surface area contributed by atoms with Crippen LogP contribution in [0.1, 0.15) is 0 Å². The topological polar surface area (TPSA) is 40.6 Å². The molecule has 0 unspecified atom stereocenters. The Bertz CT molecular complexity index is 363. The van der Waals surface area contributed by atoms with E-state index in [-0.39, 0.29) is 0 Å². The highest BCUT2D eigenvalue weighted by Gasteiger charge is 2.19. The molecule has 1 aliphatic rings. The molecule has 0 saturated carbocycles. The number of rotatable bonds is 4. The summed E-state index contributed by atoms with van der Waals surface area (Å²) in [7, 11) is 1.69. The van der Waals surface area contributed by atoms with Gasteiger partial charge in [0, 0.05) is 51.4 Å². The van der Waals surface area contributed by atoms with Crippen molar-refractivity contribution in [1.29, 1.82) is 0 Å². The normalized spacial score (nSPS) is 15.8. The van der Waals surface area contributed by atoms with E-state index in [0.29, 0.717) is 6.61 Å². The number of ether oxygens (including phenoxy) is 1. The van der Waals surface area contributed by atoms with E-state index < -0.39 is 0 Å². The lowest BCUT2D eigenvalue weighted by Crippen LogP contribution is -2.52. The third kappa shape index (κ3) is 3.54. The SMILES string of the molecule is COCCNC(=S)N1CCN(c2nccs2)CC1. The lowest BCUT2D eigenvalue weighted by molar-refractivity contribution is 0.202. The van der Waals surface area contributed by atoms with Gasteiger partial charge in [0.05, 0.1) is 6.61 Å². The molecule has 100 valence electrons. The van der Waals surface area contributed by atoms with Gasteiger partial charge >= 0.3 is 0 Å². The lowest BCUT2D eigenvalue weighted by Gasteiger charge is -2.36. The van der Waals surface area contributed by atoms with E-state index in [4.69, 9.17) is 17.0 Å². The van der Waals surface area contributed by atoms with Crippen molar-refractivity contribution in [2.45, 2.75) is 0 Å². The fraction of sp³-hybridized carbons (Fsp3) is 0.636. The van der Waals surface area contributed by atoms with Crippen LogP contribution >= 0.6 is 23.6 Å². The number of piperazine rings is 1. The van der Waals surface area contributed by atoms with Crippen molar-refractivity contribution in [2.75, 3.05) is 51.3 Å². The molecule has 1 saturated heterocycles. The molecular formula is C11H18N4OS2. The minimum Gasteiger partial charge on any atom is -0.383 e. The second kappa shape index (κ2) is 6.86. The smallest absolute Gasteiger partial charge is 0.185 e. The summed E-state index contributed by atoms with van der Waals surface area (Å²) in [4.78, 5) is 8.84. The molecule has 0 radical (unpaired) electrons. The zero-order chi connectivity index (χ0) is 12.8. The van der Waals surface area contributed by atoms with Crippen molar-refractivity contribution >= 4 is 33.8 Å². The van der Waals surface area contributed by atoms with E-state index in [1.165, 1.54) is 0 Å². The van der Waals surface area contributed by atoms with Gasteiger partial charge in [0.1, 0.15) is 0 Å². The number of nitrogens with one attached hydrogen (secondary N) is 1. The van der Waals surface area contributed by atoms with Gasteiger partial charge in [0.25, 0.3) is 0 Å². The monoisotopic (exact) mass is 286 g/mol. The minimum atomic E-state index is 0.680. The van der Waals surface area contributed by atoms with Crippen LogP contribution in [-0.2, 0) is 4.74 Å². The molecule has 1 aromatic rings. The van der Waals surface area contributed by atoms with Crippen molar-refractivity contribution in [3.05, 3.63) is 11.6 Å². The third-order valence-electron chi connectivity index (χ3n) is 2.84. The van der Waals surface area contributed by atoms with Crippen LogP contribution in [0.3, 0.4) is 0 Å². The zero-order valence-electron chi connectivity index (χ0n) is 10.5. The summed E-state index contributed by atoms with van der Waals surface area (Å²) in [5, 5.41) is 7.15. The quantitative estimate of drug-likeness (QED) is 0.652. The first-order valence-electron chi connectivity index (χ1n) is 5.97. The number of aromatic nitrogens is 1. The highest BCUT2D eigenvalue weighted by Crippen LogP contribution is 2.18. The maximum atomic E-state index is 5.35. The van der Waals surface area contributed by atoms with E-state index in [9.17, 15) is 0 Å². The van der Waals surface area contributed by atoms with Gasteiger partial charge in [-0.25, -0.2) is 4.98 Å². The Kier molecular flexibility index (Phi) is 5.15. The van der Waals surface area contributed by atoms with Crippen LogP contribution in [0, 0.1) is 0 Å². The van der Waals surface area contributed by atoms with Gasteiger partial charge in [-0.2, -0.15) is 0 Å². The Labute approximate surface area is 117 Å². The van der Waals surface area contributed by atoms with Gasteiger partial charge in [-0.3, -0.25) is 0 Å². The average Bonchev–Trinajstić information content (AvgIpc) is 2.93. The molecule has 2 heterocycles. The Balaban J connectivity index is 1.74. The molecule has 1 fully saturated rings. The Morgan fingerprint density at radius 1 is 1.50 bits per heavy atom. The predicted octanol–water partition coefficient (Wildman–Crippen LogP) is 0.786. The lowest BCUT2D eigenvalue weighted by atomic mass is 10.3. The van der Waals surface area contributed by atoms with Crippen LogP contribution in [0.15, 0.2) is 11.6 Å². The summed E-state index contributed by atoms with van der Waals surface area (Å²) in [6, 6.07) is 0. The number of hydrogen-bond donors (Lipinski definition) is 1. The third-order valence-corrected chi connectivity index (χ3v) is 4.07. The molecule has 0 aliphatic carbocycles. The molecule has 7 heteroatoms. The summed E-state index contributed by atoms with van der Waals surface area (Å²) in [5.41, 5.74) is 0. The average molecular weight is 286 g/mol. The van der Waals surface area contributed by atoms with Crippen LogP contribution in [-0.4, -0.2) is 61.4 Å². The number of thiazole rings is 1. The van der Waals surface area contributed by atoms with E-state index in [1.54, 1.807) is 18.4 Å². The Morgan fingerprint density at radius 3 is 2.89 bits per heavy atom. The minimum absolute atomic E-state index is 0.680. The molecular weight excluding hydrogens is 268 g/mol. The Hall–Kier alpha value is -0.920. The molecule has 2 rings (SSSR count). The number of anilines is 1. The van der Waals surface area contributed by atoms with Gasteiger partial charge in [-0.05, 0) is 12.2 Å². The van der Waals surface area contributed by atoms with Crippen molar-refractivity contribution in [3.8, 4) is 0 Å². The van der Waals surface area contributed by atoms with E-state index in [0.717, 1.165) is 43.0 Å². The largest absolute Gasteiger partial charge is 0.383 e. The highest BCUT2D eigenvalue weighted by molar-refractivity contribution is 7.80. The van der Waals surface area contributed by atoms with Crippen molar-refractivity contribution in [2.24, 2.45) is 0 Å². The summed E-state index contributed by atoms with van der Waals surface area (Å²) in [5.74, 6) is 0. The molecule has 5 nitrogen and oxygen atoms in total. The molecule has 0 bridgehead atoms. The van der Waals surface area contributed by atoms with E-state index in [2.05, 4.69) is 20.1 Å². The fourth-order valence-electron chi connectivity index (χ4n) is 1.84. The second-order valence-electron chi connectivity index (χ2n) is 4.01. The summed E-state index contributed by atoms with van der Waals surface area (Å²) >= 11 is 7.04. The number of methoxy groups -OCH3 is 1. The summed E-state index contributed by atoms with van der Waals surface area (Å²) in [6.07, 6.45) is 1.85. The first-order valence-corrected chi connectivity index (χ1v) is 7.26. The number of nitrogens with zero attached hydrogens (tertiary/aromatic N) is 3. The van der Waals surface area contributed by atoms with Gasteiger partial charge in [-0.1, -0.05) is 0 Å². The number of hydrogen-bond acceptors (Lipinski definition) is 5. The van der Waals surface area contributed by atoms with Gasteiger partial charge in [0.15, 0.2) is 10.2 Å². The molecule has 0 spiro atoms. The molecule has 0 amide bonds. The van der Waals surface area contributed by atoms with Crippen LogP contribution in [0.2, 0.25) is 0 Å². The van der Waals surface area contributed by atoms with E-state index in [1.807, 2.05) is 11.6 Å². The predicted molar refractivity (Wildman–Crippen MR) is 78.4 cm³/mol. The maximum absolute atomic E-state index is 5.35. The maximum Gasteiger partial charge on any atom is 0.185 e. The summed E-state index contributed by atoms with van der Waals surface area (Å²) in [6.45, 7) is 5.28. The van der Waals surface area contributed by atoms with Crippen LogP contribution < -0.4 is 10.2 Å². The molecule has 1 N–H and O–H groups in total. The zero-order valence-corrected chi connectivity index (χ0v) is 12.1. The van der Waals surface area contributed by atoms with Crippen molar-refractivity contribution < 1.29 is 4.74 Å². The molecule has 0 atom stereocenters. The Morgan fingerprint density at radius 2 is 2.28 bits per heavy atom. The fourth-order valence-corrected chi connectivity index (χ4v) is 2.83. The van der Waals surface area contributed by atoms with Crippen LogP contribution in [0.5, 0.6) is 0 Å². The molecule has 1 aromatic heterocycles. The van der Waals surface area contributed by atoms with E-state index >= 15 is 0 Å². The van der Waals surface area contributed by atoms with Gasteiger partial charge in [0.2, 0.25) is 0 Å². The molecule has 1 aliphatic heterocycles. The second-order valence-corrected chi connectivity index (χ2v) is 5.27. The highest BCUT2D eigenvalue weighted by atomic mass is 32.1. The number of thiocarbonyl (C=S) groups is 1. The van der Waals surface area contributed by atoms with Crippen molar-refractivity contribution in [3.63, 3.8) is 0 Å². The van der Waals surface area contributed by atoms with Gasteiger partial charge < -0.3 is 19.9 Å². The first-order chi connectivity index (χ1) is 8.81. The molecule has 0 aromatic carbocycles. The van der Waals surface area contributed by atoms with Crippen LogP contribution in [0.4, 0.5) is 5.13 Å².